The number of nitrogens with one attached hydrogen (secondary N) is 1. The Hall–Kier alpha value is -2.54. The average Bonchev–Trinajstić information content (AvgIpc) is 2.74. The second-order valence-electron chi connectivity index (χ2n) is 6.37. The van der Waals surface area contributed by atoms with Crippen molar-refractivity contribution in [2.45, 2.75) is 5.16 Å². The van der Waals surface area contributed by atoms with Crippen LogP contribution in [-0.4, -0.2) is 73.6 Å². The Morgan fingerprint density at radius 2 is 1.82 bits per heavy atom. The van der Waals surface area contributed by atoms with E-state index in [9.17, 15) is 5.26 Å². The van der Waals surface area contributed by atoms with Crippen molar-refractivity contribution in [2.24, 2.45) is 0 Å². The van der Waals surface area contributed by atoms with Gasteiger partial charge in [-0.3, -0.25) is 0 Å². The molecule has 9 heteroatoms. The fraction of sp³-hybridized carbons (Fsp3) is 0.421. The minimum atomic E-state index is 0.406. The summed E-state index contributed by atoms with van der Waals surface area (Å²) in [7, 11) is 5.27. The molecule has 1 aliphatic rings. The van der Waals surface area contributed by atoms with Crippen molar-refractivity contribution >= 4 is 17.6 Å². The van der Waals surface area contributed by atoms with Gasteiger partial charge >= 0.3 is 0 Å². The highest BCUT2D eigenvalue weighted by molar-refractivity contribution is 7.98. The van der Waals surface area contributed by atoms with Gasteiger partial charge in [-0.1, -0.05) is 11.8 Å². The Morgan fingerprint density at radius 3 is 2.43 bits per heavy atom. The van der Waals surface area contributed by atoms with Crippen LogP contribution in [0, 0.1) is 11.3 Å². The van der Waals surface area contributed by atoms with Crippen LogP contribution in [0.15, 0.2) is 23.4 Å². The molecule has 1 N–H and O–H groups in total. The molecule has 0 amide bonds. The summed E-state index contributed by atoms with van der Waals surface area (Å²) in [5.74, 6) is 1.73. The van der Waals surface area contributed by atoms with Crippen LogP contribution < -0.4 is 14.9 Å². The molecule has 8 nitrogen and oxygen atoms in total. The second-order valence-corrected chi connectivity index (χ2v) is 7.14. The monoisotopic (exact) mass is 400 g/mol. The molecule has 1 aliphatic heterocycles. The number of hydrazine groups is 1. The molecular formula is C19H24N6O2S. The van der Waals surface area contributed by atoms with Crippen LogP contribution in [0.4, 0.5) is 5.82 Å². The summed E-state index contributed by atoms with van der Waals surface area (Å²) in [6, 6.07) is 7.78. The molecule has 28 heavy (non-hydrogen) atoms. The first-order valence-corrected chi connectivity index (χ1v) is 10.1. The van der Waals surface area contributed by atoms with Gasteiger partial charge in [0, 0.05) is 31.7 Å². The first-order chi connectivity index (χ1) is 13.6. The highest BCUT2D eigenvalue weighted by atomic mass is 32.2. The summed E-state index contributed by atoms with van der Waals surface area (Å²) in [6.07, 6.45) is 1.92. The van der Waals surface area contributed by atoms with Gasteiger partial charge in [0.25, 0.3) is 0 Å². The summed E-state index contributed by atoms with van der Waals surface area (Å²) in [6.45, 7) is 3.62. The lowest BCUT2D eigenvalue weighted by Crippen LogP contribution is -2.47. The van der Waals surface area contributed by atoms with E-state index in [1.807, 2.05) is 24.5 Å². The molecule has 0 radical (unpaired) electrons. The van der Waals surface area contributed by atoms with Gasteiger partial charge < -0.3 is 19.8 Å². The van der Waals surface area contributed by atoms with Crippen molar-refractivity contribution < 1.29 is 9.47 Å². The number of anilines is 1. The van der Waals surface area contributed by atoms with Gasteiger partial charge in [0.05, 0.1) is 19.9 Å². The fourth-order valence-electron chi connectivity index (χ4n) is 2.98. The molecule has 0 atom stereocenters. The van der Waals surface area contributed by atoms with Crippen molar-refractivity contribution in [3.8, 4) is 28.8 Å². The zero-order valence-electron chi connectivity index (χ0n) is 16.5. The smallest absolute Gasteiger partial charge is 0.189 e. The molecule has 0 aliphatic carbocycles. The van der Waals surface area contributed by atoms with Crippen LogP contribution in [0.2, 0.25) is 0 Å². The highest BCUT2D eigenvalue weighted by Crippen LogP contribution is 2.35. The molecule has 1 saturated heterocycles. The summed E-state index contributed by atoms with van der Waals surface area (Å²) < 4.78 is 10.7. The topological polar surface area (TPSA) is 86.5 Å². The summed E-state index contributed by atoms with van der Waals surface area (Å²) in [5, 5.41) is 12.6. The standard InChI is InChI=1S/C19H24N6O2S/c1-24-7-9-25(10-8-24)23-18-14(12-20)17(21-19(22-18)28-4)13-5-6-15(26-2)16(11-13)27-3/h5-6,11H,7-10H2,1-4H3,(H,21,22,23). The summed E-state index contributed by atoms with van der Waals surface area (Å²) >= 11 is 1.44. The maximum absolute atomic E-state index is 9.86. The zero-order chi connectivity index (χ0) is 20.1. The number of aromatic nitrogens is 2. The third kappa shape index (κ3) is 4.30. The lowest BCUT2D eigenvalue weighted by Gasteiger charge is -2.33. The normalized spacial score (nSPS) is 15.1. The molecule has 148 valence electrons. The van der Waals surface area contributed by atoms with Crippen LogP contribution in [0.1, 0.15) is 5.56 Å². The predicted molar refractivity (Wildman–Crippen MR) is 110 cm³/mol. The molecule has 0 unspecified atom stereocenters. The SMILES string of the molecule is COc1ccc(-c2nc(SC)nc(NN3CCN(C)CC3)c2C#N)cc1OC. The van der Waals surface area contributed by atoms with E-state index in [0.717, 1.165) is 31.7 Å². The van der Waals surface area contributed by atoms with Gasteiger partial charge in [-0.05, 0) is 31.5 Å². The van der Waals surface area contributed by atoms with Crippen LogP contribution in [-0.2, 0) is 0 Å². The number of hydrogen-bond acceptors (Lipinski definition) is 9. The maximum Gasteiger partial charge on any atom is 0.189 e. The molecule has 2 heterocycles. The molecule has 0 bridgehead atoms. The lowest BCUT2D eigenvalue weighted by molar-refractivity contribution is 0.178. The van der Waals surface area contributed by atoms with E-state index in [4.69, 9.17) is 9.47 Å². The number of nitriles is 1. The Morgan fingerprint density at radius 1 is 1.11 bits per heavy atom. The number of benzene rings is 1. The van der Waals surface area contributed by atoms with Gasteiger partial charge in [0.1, 0.15) is 11.6 Å². The average molecular weight is 401 g/mol. The first kappa shape index (κ1) is 20.2. The summed E-state index contributed by atoms with van der Waals surface area (Å²) in [4.78, 5) is 11.4. The fourth-order valence-corrected chi connectivity index (χ4v) is 3.34. The van der Waals surface area contributed by atoms with Crippen LogP contribution in [0.25, 0.3) is 11.3 Å². The van der Waals surface area contributed by atoms with Gasteiger partial charge in [-0.25, -0.2) is 15.0 Å². The number of nitrogens with zero attached hydrogens (tertiary/aromatic N) is 5. The molecule has 0 saturated carbocycles. The van der Waals surface area contributed by atoms with E-state index in [0.29, 0.717) is 33.7 Å². The van der Waals surface area contributed by atoms with E-state index in [1.54, 1.807) is 14.2 Å². The number of piperazine rings is 1. The Kier molecular flexibility index (Phi) is 6.57. The largest absolute Gasteiger partial charge is 0.493 e. The van der Waals surface area contributed by atoms with Crippen LogP contribution >= 0.6 is 11.8 Å². The van der Waals surface area contributed by atoms with Crippen molar-refractivity contribution in [2.75, 3.05) is 59.1 Å². The predicted octanol–water partition coefficient (Wildman–Crippen LogP) is 2.33. The minimum absolute atomic E-state index is 0.406. The van der Waals surface area contributed by atoms with E-state index in [1.165, 1.54) is 11.8 Å². The molecule has 0 spiro atoms. The number of ether oxygens (including phenoxy) is 2. The van der Waals surface area contributed by atoms with Crippen molar-refractivity contribution in [3.63, 3.8) is 0 Å². The van der Waals surface area contributed by atoms with Crippen molar-refractivity contribution in [3.05, 3.63) is 23.8 Å². The minimum Gasteiger partial charge on any atom is -0.493 e. The second kappa shape index (κ2) is 9.10. The number of rotatable bonds is 6. The zero-order valence-corrected chi connectivity index (χ0v) is 17.3. The van der Waals surface area contributed by atoms with E-state index >= 15 is 0 Å². The van der Waals surface area contributed by atoms with Crippen LogP contribution in [0.3, 0.4) is 0 Å². The first-order valence-electron chi connectivity index (χ1n) is 8.88. The number of likely N-dealkylation sites (N-methyl/N-ethyl adjacent to an activating group) is 1. The van der Waals surface area contributed by atoms with Gasteiger partial charge in [-0.2, -0.15) is 5.26 Å². The quantitative estimate of drug-likeness (QED) is 0.580. The van der Waals surface area contributed by atoms with Crippen molar-refractivity contribution in [1.82, 2.24) is 19.9 Å². The van der Waals surface area contributed by atoms with Gasteiger partial charge in [-0.15, -0.1) is 0 Å². The van der Waals surface area contributed by atoms with Crippen molar-refractivity contribution in [1.29, 1.82) is 5.26 Å². The third-order valence-corrected chi connectivity index (χ3v) is 5.15. The van der Waals surface area contributed by atoms with Gasteiger partial charge in [0.15, 0.2) is 22.5 Å². The Labute approximate surface area is 169 Å². The highest BCUT2D eigenvalue weighted by Gasteiger charge is 2.21. The third-order valence-electron chi connectivity index (χ3n) is 4.61. The van der Waals surface area contributed by atoms with E-state index in [2.05, 4.69) is 38.4 Å². The van der Waals surface area contributed by atoms with Crippen LogP contribution in [0.5, 0.6) is 11.5 Å². The number of hydrogen-bond donors (Lipinski definition) is 1. The Bertz CT molecular complexity index is 877. The molecule has 1 aromatic heterocycles. The molecule has 2 aromatic rings. The van der Waals surface area contributed by atoms with E-state index in [-0.39, 0.29) is 0 Å². The molecule has 1 aromatic carbocycles. The summed E-state index contributed by atoms with van der Waals surface area (Å²) in [5.41, 5.74) is 5.07. The lowest BCUT2D eigenvalue weighted by atomic mass is 10.1. The molecule has 3 rings (SSSR count). The number of thioether (sulfide) groups is 1. The maximum atomic E-state index is 9.86. The number of methoxy groups -OCH3 is 2. The van der Waals surface area contributed by atoms with Gasteiger partial charge in [0.2, 0.25) is 0 Å². The molecule has 1 fully saturated rings. The van der Waals surface area contributed by atoms with E-state index < -0.39 is 0 Å². The Balaban J connectivity index is 2.02. The molecular weight excluding hydrogens is 376 g/mol.